The van der Waals surface area contributed by atoms with E-state index in [0.717, 1.165) is 31.7 Å². The fraction of sp³-hybridized carbons (Fsp3) is 0.933. The third-order valence-corrected chi connectivity index (χ3v) is 4.40. The van der Waals surface area contributed by atoms with Gasteiger partial charge in [0, 0.05) is 25.6 Å². The summed E-state index contributed by atoms with van der Waals surface area (Å²) in [5.41, 5.74) is 6.02. The first-order chi connectivity index (χ1) is 8.41. The second-order valence-corrected chi connectivity index (χ2v) is 6.41. The molecular weight excluding hydrogens is 224 g/mol. The van der Waals surface area contributed by atoms with E-state index in [1.165, 1.54) is 12.8 Å². The Balaban J connectivity index is 2.32. The standard InChI is InChI=1S/C15H30N2O/c1-11(2)14(16)9-10-17(4)15(18)13-7-5-12(3)6-8-13/h11-14H,5-10,16H2,1-4H3. The molecule has 0 bridgehead atoms. The Morgan fingerprint density at radius 2 is 1.83 bits per heavy atom. The van der Waals surface area contributed by atoms with Gasteiger partial charge in [-0.25, -0.2) is 0 Å². The van der Waals surface area contributed by atoms with Gasteiger partial charge in [-0.2, -0.15) is 0 Å². The van der Waals surface area contributed by atoms with Gasteiger partial charge < -0.3 is 10.6 Å². The highest BCUT2D eigenvalue weighted by Gasteiger charge is 2.26. The predicted octanol–water partition coefficient (Wildman–Crippen LogP) is 2.64. The molecule has 0 aromatic heterocycles. The predicted molar refractivity (Wildman–Crippen MR) is 76.2 cm³/mol. The fourth-order valence-corrected chi connectivity index (χ4v) is 2.60. The first-order valence-electron chi connectivity index (χ1n) is 7.42. The van der Waals surface area contributed by atoms with Crippen molar-refractivity contribution >= 4 is 5.91 Å². The number of carbonyl (C=O) groups excluding carboxylic acids is 1. The molecule has 3 heteroatoms. The summed E-state index contributed by atoms with van der Waals surface area (Å²) in [6, 6.07) is 0.201. The van der Waals surface area contributed by atoms with Crippen LogP contribution in [0.15, 0.2) is 0 Å². The molecule has 0 spiro atoms. The zero-order valence-electron chi connectivity index (χ0n) is 12.5. The highest BCUT2D eigenvalue weighted by Crippen LogP contribution is 2.29. The fourth-order valence-electron chi connectivity index (χ4n) is 2.60. The molecule has 18 heavy (non-hydrogen) atoms. The third-order valence-electron chi connectivity index (χ3n) is 4.40. The van der Waals surface area contributed by atoms with Crippen LogP contribution in [-0.4, -0.2) is 30.4 Å². The largest absolute Gasteiger partial charge is 0.345 e. The van der Waals surface area contributed by atoms with Gasteiger partial charge in [-0.1, -0.05) is 20.8 Å². The molecule has 1 aliphatic carbocycles. The Morgan fingerprint density at radius 3 is 2.33 bits per heavy atom. The topological polar surface area (TPSA) is 46.3 Å². The number of nitrogens with two attached hydrogens (primary N) is 1. The number of carbonyl (C=O) groups is 1. The van der Waals surface area contributed by atoms with Crippen molar-refractivity contribution in [2.75, 3.05) is 13.6 Å². The number of amides is 1. The van der Waals surface area contributed by atoms with Crippen molar-refractivity contribution in [2.24, 2.45) is 23.5 Å². The van der Waals surface area contributed by atoms with Crippen LogP contribution in [0.1, 0.15) is 52.9 Å². The van der Waals surface area contributed by atoms with Crippen LogP contribution in [0.3, 0.4) is 0 Å². The van der Waals surface area contributed by atoms with E-state index in [4.69, 9.17) is 5.73 Å². The molecule has 2 N–H and O–H groups in total. The highest BCUT2D eigenvalue weighted by atomic mass is 16.2. The smallest absolute Gasteiger partial charge is 0.225 e. The van der Waals surface area contributed by atoms with Gasteiger partial charge in [0.25, 0.3) is 0 Å². The SMILES string of the molecule is CC1CCC(C(=O)N(C)CCC(N)C(C)C)CC1. The second kappa shape index (κ2) is 7.13. The molecule has 0 aliphatic heterocycles. The van der Waals surface area contributed by atoms with Gasteiger partial charge in [0.05, 0.1) is 0 Å². The lowest BCUT2D eigenvalue weighted by molar-refractivity contribution is -0.135. The van der Waals surface area contributed by atoms with Crippen LogP contribution in [-0.2, 0) is 4.79 Å². The van der Waals surface area contributed by atoms with Gasteiger partial charge in [-0.15, -0.1) is 0 Å². The van der Waals surface area contributed by atoms with Crippen molar-refractivity contribution in [1.82, 2.24) is 4.90 Å². The van der Waals surface area contributed by atoms with Crippen molar-refractivity contribution in [1.29, 1.82) is 0 Å². The van der Waals surface area contributed by atoms with E-state index in [1.54, 1.807) is 0 Å². The molecule has 0 aromatic carbocycles. The van der Waals surface area contributed by atoms with Crippen molar-refractivity contribution < 1.29 is 4.79 Å². The maximum Gasteiger partial charge on any atom is 0.225 e. The van der Waals surface area contributed by atoms with Gasteiger partial charge in [0.2, 0.25) is 5.91 Å². The van der Waals surface area contributed by atoms with E-state index in [1.807, 2.05) is 11.9 Å². The summed E-state index contributed by atoms with van der Waals surface area (Å²) < 4.78 is 0. The maximum absolute atomic E-state index is 12.3. The van der Waals surface area contributed by atoms with Gasteiger partial charge in [-0.05, 0) is 43.9 Å². The average Bonchev–Trinajstić information content (AvgIpc) is 2.35. The number of hydrogen-bond acceptors (Lipinski definition) is 2. The van der Waals surface area contributed by atoms with Crippen LogP contribution in [0.25, 0.3) is 0 Å². The lowest BCUT2D eigenvalue weighted by Gasteiger charge is -2.29. The molecule has 1 amide bonds. The molecule has 0 radical (unpaired) electrons. The van der Waals surface area contributed by atoms with E-state index in [2.05, 4.69) is 20.8 Å². The summed E-state index contributed by atoms with van der Waals surface area (Å²) in [4.78, 5) is 14.2. The third kappa shape index (κ3) is 4.60. The van der Waals surface area contributed by atoms with Gasteiger partial charge in [-0.3, -0.25) is 4.79 Å². The first kappa shape index (κ1) is 15.5. The minimum atomic E-state index is 0.201. The Bertz CT molecular complexity index is 257. The molecule has 0 saturated heterocycles. The monoisotopic (exact) mass is 254 g/mol. The van der Waals surface area contributed by atoms with E-state index in [0.29, 0.717) is 11.8 Å². The average molecular weight is 254 g/mol. The summed E-state index contributed by atoms with van der Waals surface area (Å²) in [5, 5.41) is 0. The summed E-state index contributed by atoms with van der Waals surface area (Å²) in [6.07, 6.45) is 5.45. The first-order valence-corrected chi connectivity index (χ1v) is 7.42. The quantitative estimate of drug-likeness (QED) is 0.820. The molecule has 1 atom stereocenters. The van der Waals surface area contributed by atoms with Gasteiger partial charge >= 0.3 is 0 Å². The molecule has 1 saturated carbocycles. The van der Waals surface area contributed by atoms with Crippen molar-refractivity contribution in [3.8, 4) is 0 Å². The Morgan fingerprint density at radius 1 is 1.28 bits per heavy atom. The zero-order chi connectivity index (χ0) is 13.7. The van der Waals surface area contributed by atoms with Gasteiger partial charge in [0.1, 0.15) is 0 Å². The molecule has 106 valence electrons. The van der Waals surface area contributed by atoms with E-state index in [9.17, 15) is 4.79 Å². The molecule has 1 aliphatic rings. The van der Waals surface area contributed by atoms with Crippen LogP contribution < -0.4 is 5.73 Å². The molecule has 1 fully saturated rings. The second-order valence-electron chi connectivity index (χ2n) is 6.41. The Labute approximate surface area is 112 Å². The van der Waals surface area contributed by atoms with E-state index >= 15 is 0 Å². The number of rotatable bonds is 5. The number of hydrogen-bond donors (Lipinski definition) is 1. The summed E-state index contributed by atoms with van der Waals surface area (Å²) in [7, 11) is 1.92. The lowest BCUT2D eigenvalue weighted by Crippen LogP contribution is -2.38. The Kier molecular flexibility index (Phi) is 6.13. The van der Waals surface area contributed by atoms with Crippen LogP contribution in [0.5, 0.6) is 0 Å². The molecular formula is C15H30N2O. The van der Waals surface area contributed by atoms with Crippen LogP contribution in [0.4, 0.5) is 0 Å². The minimum Gasteiger partial charge on any atom is -0.345 e. The molecule has 1 unspecified atom stereocenters. The summed E-state index contributed by atoms with van der Waals surface area (Å²) in [5.74, 6) is 1.89. The summed E-state index contributed by atoms with van der Waals surface area (Å²) in [6.45, 7) is 7.35. The van der Waals surface area contributed by atoms with Crippen LogP contribution in [0, 0.1) is 17.8 Å². The van der Waals surface area contributed by atoms with Crippen LogP contribution in [0.2, 0.25) is 0 Å². The molecule has 0 aromatic rings. The maximum atomic E-state index is 12.3. The number of nitrogens with zero attached hydrogens (tertiary/aromatic N) is 1. The van der Waals surface area contributed by atoms with Crippen LogP contribution >= 0.6 is 0 Å². The van der Waals surface area contributed by atoms with Crippen molar-refractivity contribution in [3.63, 3.8) is 0 Å². The summed E-state index contributed by atoms with van der Waals surface area (Å²) >= 11 is 0. The molecule has 0 heterocycles. The van der Waals surface area contributed by atoms with Crippen molar-refractivity contribution in [2.45, 2.75) is 58.9 Å². The molecule has 1 rings (SSSR count). The zero-order valence-corrected chi connectivity index (χ0v) is 12.5. The van der Waals surface area contributed by atoms with E-state index < -0.39 is 0 Å². The van der Waals surface area contributed by atoms with Gasteiger partial charge in [0.15, 0.2) is 0 Å². The highest BCUT2D eigenvalue weighted by molar-refractivity contribution is 5.78. The normalized spacial score (nSPS) is 26.1. The van der Waals surface area contributed by atoms with Crippen molar-refractivity contribution in [3.05, 3.63) is 0 Å². The lowest BCUT2D eigenvalue weighted by atomic mass is 9.82. The minimum absolute atomic E-state index is 0.201. The Hall–Kier alpha value is -0.570. The molecule has 3 nitrogen and oxygen atoms in total. The van der Waals surface area contributed by atoms with E-state index in [-0.39, 0.29) is 12.0 Å².